The van der Waals surface area contributed by atoms with Crippen LogP contribution in [0.15, 0.2) is 12.4 Å². The van der Waals surface area contributed by atoms with Crippen molar-refractivity contribution < 1.29 is 4.79 Å². The van der Waals surface area contributed by atoms with Gasteiger partial charge in [0.05, 0.1) is 12.0 Å². The first-order valence-corrected chi connectivity index (χ1v) is 7.08. The van der Waals surface area contributed by atoms with Crippen LogP contribution < -0.4 is 5.32 Å². The summed E-state index contributed by atoms with van der Waals surface area (Å²) in [5, 5.41) is 3.31. The zero-order valence-electron chi connectivity index (χ0n) is 11.7. The normalized spacial score (nSPS) is 26.6. The fraction of sp³-hybridized carbons (Fsp3) is 0.714. The molecule has 0 aromatic carbocycles. The highest BCUT2D eigenvalue weighted by Gasteiger charge is 2.43. The highest BCUT2D eigenvalue weighted by atomic mass is 16.2. The van der Waals surface area contributed by atoms with Crippen LogP contribution in [0.2, 0.25) is 0 Å². The maximum absolute atomic E-state index is 12.8. The van der Waals surface area contributed by atoms with Crippen LogP contribution in [-0.2, 0) is 18.4 Å². The molecule has 1 saturated heterocycles. The van der Waals surface area contributed by atoms with Crippen LogP contribution in [0.3, 0.4) is 0 Å². The van der Waals surface area contributed by atoms with Gasteiger partial charge < -0.3 is 14.8 Å². The molecule has 1 amide bonds. The van der Waals surface area contributed by atoms with Crippen molar-refractivity contribution in [2.24, 2.45) is 12.5 Å². The Morgan fingerprint density at radius 1 is 1.63 bits per heavy atom. The molecule has 2 aliphatic rings. The summed E-state index contributed by atoms with van der Waals surface area (Å²) in [6, 6.07) is 0.432. The average molecular weight is 262 g/mol. The summed E-state index contributed by atoms with van der Waals surface area (Å²) in [4.78, 5) is 19.2. The highest BCUT2D eigenvalue weighted by molar-refractivity contribution is 5.83. The quantitative estimate of drug-likeness (QED) is 0.877. The fourth-order valence-electron chi connectivity index (χ4n) is 2.80. The molecular weight excluding hydrogens is 240 g/mol. The highest BCUT2D eigenvalue weighted by Crippen LogP contribution is 2.35. The van der Waals surface area contributed by atoms with E-state index in [0.29, 0.717) is 18.5 Å². The first kappa shape index (κ1) is 12.7. The van der Waals surface area contributed by atoms with Gasteiger partial charge in [0.15, 0.2) is 0 Å². The van der Waals surface area contributed by atoms with Gasteiger partial charge in [0.25, 0.3) is 0 Å². The summed E-state index contributed by atoms with van der Waals surface area (Å²) in [6.45, 7) is 4.48. The van der Waals surface area contributed by atoms with E-state index in [1.807, 2.05) is 17.8 Å². The van der Waals surface area contributed by atoms with Crippen LogP contribution in [0.25, 0.3) is 0 Å². The Kier molecular flexibility index (Phi) is 3.09. The Balaban J connectivity index is 1.77. The van der Waals surface area contributed by atoms with Gasteiger partial charge in [-0.1, -0.05) is 0 Å². The molecule has 1 N–H and O–H groups in total. The Morgan fingerprint density at radius 2 is 2.42 bits per heavy atom. The number of carbonyl (C=O) groups is 1. The van der Waals surface area contributed by atoms with Gasteiger partial charge in [-0.2, -0.15) is 0 Å². The molecule has 1 unspecified atom stereocenters. The van der Waals surface area contributed by atoms with Crippen LogP contribution in [0.1, 0.15) is 32.0 Å². The predicted octanol–water partition coefficient (Wildman–Crippen LogP) is 0.911. The molecule has 1 saturated carbocycles. The first-order valence-electron chi connectivity index (χ1n) is 7.08. The van der Waals surface area contributed by atoms with E-state index in [9.17, 15) is 4.79 Å². The number of imidazole rings is 1. The molecule has 1 aromatic rings. The second-order valence-corrected chi connectivity index (χ2v) is 6.11. The standard InChI is InChI=1S/C14H22N4O/c1-14(5-6-15-10-14)13(19)18(11-3-4-11)9-12-16-7-8-17(12)2/h7-8,11,15H,3-6,9-10H2,1-2H3. The monoisotopic (exact) mass is 262 g/mol. The lowest BCUT2D eigenvalue weighted by atomic mass is 9.88. The van der Waals surface area contributed by atoms with Crippen molar-refractivity contribution in [1.29, 1.82) is 0 Å². The van der Waals surface area contributed by atoms with E-state index in [-0.39, 0.29) is 5.41 Å². The topological polar surface area (TPSA) is 50.2 Å². The second-order valence-electron chi connectivity index (χ2n) is 6.11. The minimum atomic E-state index is -0.228. The van der Waals surface area contributed by atoms with Crippen LogP contribution in [-0.4, -0.2) is 39.5 Å². The van der Waals surface area contributed by atoms with Crippen LogP contribution >= 0.6 is 0 Å². The van der Waals surface area contributed by atoms with Crippen LogP contribution in [0, 0.1) is 5.41 Å². The van der Waals surface area contributed by atoms with Crippen LogP contribution in [0.5, 0.6) is 0 Å². The molecule has 1 atom stereocenters. The molecule has 5 nitrogen and oxygen atoms in total. The smallest absolute Gasteiger partial charge is 0.230 e. The van der Waals surface area contributed by atoms with E-state index in [1.54, 1.807) is 6.20 Å². The molecule has 5 heteroatoms. The van der Waals surface area contributed by atoms with Crippen molar-refractivity contribution in [2.45, 2.75) is 38.8 Å². The SMILES string of the molecule is Cn1ccnc1CN(C(=O)C1(C)CCNC1)C1CC1. The fourth-order valence-corrected chi connectivity index (χ4v) is 2.80. The summed E-state index contributed by atoms with van der Waals surface area (Å²) >= 11 is 0. The molecule has 104 valence electrons. The summed E-state index contributed by atoms with van der Waals surface area (Å²) in [6.07, 6.45) is 6.95. The van der Waals surface area contributed by atoms with Gasteiger partial charge in [0.2, 0.25) is 5.91 Å². The number of rotatable bonds is 4. The third-order valence-corrected chi connectivity index (χ3v) is 4.37. The molecule has 2 fully saturated rings. The van der Waals surface area contributed by atoms with Gasteiger partial charge in [-0.3, -0.25) is 4.79 Å². The number of amides is 1. The van der Waals surface area contributed by atoms with Gasteiger partial charge in [-0.05, 0) is 32.7 Å². The van der Waals surface area contributed by atoms with E-state index in [0.717, 1.165) is 38.2 Å². The lowest BCUT2D eigenvalue weighted by molar-refractivity contribution is -0.141. The molecule has 1 aliphatic heterocycles. The van der Waals surface area contributed by atoms with Crippen molar-refractivity contribution in [1.82, 2.24) is 19.8 Å². The van der Waals surface area contributed by atoms with E-state index in [1.165, 1.54) is 0 Å². The van der Waals surface area contributed by atoms with E-state index < -0.39 is 0 Å². The number of nitrogens with zero attached hydrogens (tertiary/aromatic N) is 3. The Labute approximate surface area is 114 Å². The maximum atomic E-state index is 12.8. The van der Waals surface area contributed by atoms with E-state index >= 15 is 0 Å². The maximum Gasteiger partial charge on any atom is 0.230 e. The van der Waals surface area contributed by atoms with E-state index in [4.69, 9.17) is 0 Å². The largest absolute Gasteiger partial charge is 0.337 e. The summed E-state index contributed by atoms with van der Waals surface area (Å²) in [7, 11) is 1.98. The summed E-state index contributed by atoms with van der Waals surface area (Å²) < 4.78 is 2.00. The van der Waals surface area contributed by atoms with Crippen molar-refractivity contribution in [3.05, 3.63) is 18.2 Å². The molecule has 2 heterocycles. The lowest BCUT2D eigenvalue weighted by Gasteiger charge is -2.31. The predicted molar refractivity (Wildman–Crippen MR) is 72.4 cm³/mol. The number of aryl methyl sites for hydroxylation is 1. The molecule has 1 aromatic heterocycles. The van der Waals surface area contributed by atoms with Gasteiger partial charge >= 0.3 is 0 Å². The molecule has 1 aliphatic carbocycles. The third kappa shape index (κ3) is 2.39. The average Bonchev–Trinajstić information content (AvgIpc) is 3.01. The zero-order valence-corrected chi connectivity index (χ0v) is 11.7. The van der Waals surface area contributed by atoms with Crippen LogP contribution in [0.4, 0.5) is 0 Å². The summed E-state index contributed by atoms with van der Waals surface area (Å²) in [5.74, 6) is 1.26. The number of aromatic nitrogens is 2. The first-order chi connectivity index (χ1) is 9.10. The molecule has 0 spiro atoms. The molecule has 0 bridgehead atoms. The van der Waals surface area contributed by atoms with Gasteiger partial charge in [-0.15, -0.1) is 0 Å². The van der Waals surface area contributed by atoms with Gasteiger partial charge in [0, 0.05) is 32.0 Å². The number of carbonyl (C=O) groups excluding carboxylic acids is 1. The lowest BCUT2D eigenvalue weighted by Crippen LogP contribution is -2.44. The Bertz CT molecular complexity index is 472. The minimum absolute atomic E-state index is 0.228. The second kappa shape index (κ2) is 4.63. The molecule has 3 rings (SSSR count). The van der Waals surface area contributed by atoms with Gasteiger partial charge in [0.1, 0.15) is 5.82 Å². The zero-order chi connectivity index (χ0) is 13.5. The number of hydrogen-bond acceptors (Lipinski definition) is 3. The number of hydrogen-bond donors (Lipinski definition) is 1. The molecule has 0 radical (unpaired) electrons. The number of nitrogens with one attached hydrogen (secondary N) is 1. The Hall–Kier alpha value is -1.36. The van der Waals surface area contributed by atoms with Crippen molar-refractivity contribution in [2.75, 3.05) is 13.1 Å². The van der Waals surface area contributed by atoms with Gasteiger partial charge in [-0.25, -0.2) is 4.98 Å². The minimum Gasteiger partial charge on any atom is -0.337 e. The molecule has 19 heavy (non-hydrogen) atoms. The Morgan fingerprint density at radius 3 is 2.95 bits per heavy atom. The van der Waals surface area contributed by atoms with E-state index in [2.05, 4.69) is 22.1 Å². The summed E-state index contributed by atoms with van der Waals surface area (Å²) in [5.41, 5.74) is -0.228. The van der Waals surface area contributed by atoms with Crippen molar-refractivity contribution in [3.8, 4) is 0 Å². The van der Waals surface area contributed by atoms with Crippen molar-refractivity contribution >= 4 is 5.91 Å². The molecular formula is C14H22N4O. The van der Waals surface area contributed by atoms with Crippen molar-refractivity contribution in [3.63, 3.8) is 0 Å². The third-order valence-electron chi connectivity index (χ3n) is 4.37.